The Hall–Kier alpha value is -2.73. The number of fused-ring (bicyclic) bond motifs is 1. The molecule has 1 aliphatic rings. The molecule has 3 aromatic rings. The van der Waals surface area contributed by atoms with Crippen molar-refractivity contribution in [3.05, 3.63) is 53.3 Å². The van der Waals surface area contributed by atoms with Crippen LogP contribution in [0.2, 0.25) is 5.02 Å². The maximum absolute atomic E-state index is 11.1. The van der Waals surface area contributed by atoms with Crippen molar-refractivity contribution < 1.29 is 9.90 Å². The zero-order chi connectivity index (χ0) is 18.3. The number of halogens is 1. The van der Waals surface area contributed by atoms with Crippen LogP contribution in [0.25, 0.3) is 16.9 Å². The third-order valence-electron chi connectivity index (χ3n) is 4.89. The Labute approximate surface area is 156 Å². The van der Waals surface area contributed by atoms with E-state index in [0.717, 1.165) is 28.3 Å². The van der Waals surface area contributed by atoms with Gasteiger partial charge in [-0.25, -0.2) is 9.78 Å². The summed E-state index contributed by atoms with van der Waals surface area (Å²) in [4.78, 5) is 19.5. The van der Waals surface area contributed by atoms with Crippen molar-refractivity contribution in [3.63, 3.8) is 0 Å². The lowest BCUT2D eigenvalue weighted by molar-refractivity contribution is 0.142. The Morgan fingerprint density at radius 2 is 1.92 bits per heavy atom. The largest absolute Gasteiger partial charge is 0.465 e. The molecule has 1 amide bonds. The van der Waals surface area contributed by atoms with Crippen LogP contribution in [0.1, 0.15) is 5.69 Å². The molecule has 1 aromatic carbocycles. The summed E-state index contributed by atoms with van der Waals surface area (Å²) in [6, 6.07) is 11.8. The SMILES string of the molecule is Cc1c(-c2cc(N3CCN(C(=O)O)CC3)ccc2Cl)nc2ccccn12. The number of imidazole rings is 1. The molecule has 1 fully saturated rings. The van der Waals surface area contributed by atoms with Crippen molar-refractivity contribution in [2.24, 2.45) is 0 Å². The Bertz CT molecular complexity index is 977. The Morgan fingerprint density at radius 3 is 2.62 bits per heavy atom. The molecule has 0 saturated carbocycles. The minimum Gasteiger partial charge on any atom is -0.465 e. The van der Waals surface area contributed by atoms with E-state index in [-0.39, 0.29) is 0 Å². The van der Waals surface area contributed by atoms with Crippen molar-refractivity contribution in [1.82, 2.24) is 14.3 Å². The quantitative estimate of drug-likeness (QED) is 0.746. The van der Waals surface area contributed by atoms with Crippen LogP contribution in [0.4, 0.5) is 10.5 Å². The van der Waals surface area contributed by atoms with Gasteiger partial charge in [0.15, 0.2) is 0 Å². The summed E-state index contributed by atoms with van der Waals surface area (Å²) in [6.07, 6.45) is 1.13. The molecule has 0 bridgehead atoms. The van der Waals surface area contributed by atoms with Crippen LogP contribution in [0, 0.1) is 6.92 Å². The highest BCUT2D eigenvalue weighted by Crippen LogP contribution is 2.34. The third-order valence-corrected chi connectivity index (χ3v) is 5.22. The summed E-state index contributed by atoms with van der Waals surface area (Å²) in [6.45, 7) is 4.36. The van der Waals surface area contributed by atoms with Gasteiger partial charge < -0.3 is 19.3 Å². The molecule has 134 valence electrons. The molecular formula is C19H19ClN4O2. The minimum absolute atomic E-state index is 0.501. The van der Waals surface area contributed by atoms with Gasteiger partial charge in [0, 0.05) is 49.3 Å². The summed E-state index contributed by atoms with van der Waals surface area (Å²) in [5, 5.41) is 9.76. The highest BCUT2D eigenvalue weighted by molar-refractivity contribution is 6.33. The number of carboxylic acid groups (broad SMARTS) is 1. The summed E-state index contributed by atoms with van der Waals surface area (Å²) >= 11 is 6.48. The van der Waals surface area contributed by atoms with Gasteiger partial charge in [-0.05, 0) is 37.3 Å². The van der Waals surface area contributed by atoms with Crippen LogP contribution in [0.15, 0.2) is 42.6 Å². The number of aryl methyl sites for hydroxylation is 1. The smallest absolute Gasteiger partial charge is 0.407 e. The number of hydrogen-bond acceptors (Lipinski definition) is 3. The summed E-state index contributed by atoms with van der Waals surface area (Å²) in [5.74, 6) is 0. The van der Waals surface area contributed by atoms with Crippen molar-refractivity contribution in [2.75, 3.05) is 31.1 Å². The lowest BCUT2D eigenvalue weighted by Crippen LogP contribution is -2.48. The second-order valence-electron chi connectivity index (χ2n) is 6.40. The number of hydrogen-bond donors (Lipinski definition) is 1. The third kappa shape index (κ3) is 2.86. The number of aromatic nitrogens is 2. The van der Waals surface area contributed by atoms with Gasteiger partial charge in [0.05, 0.1) is 10.7 Å². The molecule has 6 nitrogen and oxygen atoms in total. The number of benzene rings is 1. The molecule has 0 radical (unpaired) electrons. The molecule has 3 heterocycles. The Morgan fingerprint density at radius 1 is 1.15 bits per heavy atom. The highest BCUT2D eigenvalue weighted by Gasteiger charge is 2.22. The van der Waals surface area contributed by atoms with Gasteiger partial charge in [0.2, 0.25) is 0 Å². The van der Waals surface area contributed by atoms with Crippen LogP contribution < -0.4 is 4.90 Å². The van der Waals surface area contributed by atoms with Gasteiger partial charge in [-0.3, -0.25) is 0 Å². The van der Waals surface area contributed by atoms with E-state index in [1.54, 1.807) is 0 Å². The van der Waals surface area contributed by atoms with Crippen LogP contribution >= 0.6 is 11.6 Å². The van der Waals surface area contributed by atoms with Crippen LogP contribution in [0.5, 0.6) is 0 Å². The highest BCUT2D eigenvalue weighted by atomic mass is 35.5. The minimum atomic E-state index is -0.859. The number of amides is 1. The van der Waals surface area contributed by atoms with Crippen LogP contribution in [-0.4, -0.2) is 51.7 Å². The van der Waals surface area contributed by atoms with Crippen LogP contribution in [-0.2, 0) is 0 Å². The van der Waals surface area contributed by atoms with E-state index in [0.29, 0.717) is 31.2 Å². The molecule has 1 aliphatic heterocycles. The van der Waals surface area contributed by atoms with E-state index in [4.69, 9.17) is 21.7 Å². The van der Waals surface area contributed by atoms with E-state index in [1.807, 2.05) is 53.9 Å². The second-order valence-corrected chi connectivity index (χ2v) is 6.80. The predicted molar refractivity (Wildman–Crippen MR) is 102 cm³/mol. The lowest BCUT2D eigenvalue weighted by Gasteiger charge is -2.34. The number of carbonyl (C=O) groups is 1. The maximum atomic E-state index is 11.1. The molecule has 1 N–H and O–H groups in total. The van der Waals surface area contributed by atoms with Crippen molar-refractivity contribution in [3.8, 4) is 11.3 Å². The first-order valence-corrected chi connectivity index (χ1v) is 8.89. The van der Waals surface area contributed by atoms with E-state index >= 15 is 0 Å². The first-order chi connectivity index (χ1) is 12.5. The number of nitrogens with zero attached hydrogens (tertiary/aromatic N) is 4. The van der Waals surface area contributed by atoms with Gasteiger partial charge in [-0.15, -0.1) is 0 Å². The Balaban J connectivity index is 1.69. The number of rotatable bonds is 2. The molecular weight excluding hydrogens is 352 g/mol. The maximum Gasteiger partial charge on any atom is 0.407 e. The number of pyridine rings is 1. The molecule has 1 saturated heterocycles. The van der Waals surface area contributed by atoms with Gasteiger partial charge in [-0.1, -0.05) is 17.7 Å². The van der Waals surface area contributed by atoms with E-state index in [2.05, 4.69) is 4.90 Å². The standard InChI is InChI=1S/C19H19ClN4O2/c1-13-18(21-17-4-2-3-7-24(13)17)15-12-14(5-6-16(15)20)22-8-10-23(11-9-22)19(25)26/h2-7,12H,8-11H2,1H3,(H,25,26). The molecule has 2 aromatic heterocycles. The number of anilines is 1. The van der Waals surface area contributed by atoms with Crippen LogP contribution in [0.3, 0.4) is 0 Å². The zero-order valence-corrected chi connectivity index (χ0v) is 15.1. The van der Waals surface area contributed by atoms with E-state index in [1.165, 1.54) is 4.90 Å². The predicted octanol–water partition coefficient (Wildman–Crippen LogP) is 3.76. The van der Waals surface area contributed by atoms with Crippen molar-refractivity contribution in [1.29, 1.82) is 0 Å². The van der Waals surface area contributed by atoms with E-state index in [9.17, 15) is 4.79 Å². The zero-order valence-electron chi connectivity index (χ0n) is 14.4. The fourth-order valence-corrected chi connectivity index (χ4v) is 3.63. The Kier molecular flexibility index (Phi) is 4.20. The fraction of sp³-hybridized carbons (Fsp3) is 0.263. The fourth-order valence-electron chi connectivity index (χ4n) is 3.42. The van der Waals surface area contributed by atoms with Crippen molar-refractivity contribution >= 4 is 29.0 Å². The average Bonchev–Trinajstić information content (AvgIpc) is 2.99. The van der Waals surface area contributed by atoms with Gasteiger partial charge in [0.25, 0.3) is 0 Å². The van der Waals surface area contributed by atoms with Crippen molar-refractivity contribution in [2.45, 2.75) is 6.92 Å². The first-order valence-electron chi connectivity index (χ1n) is 8.51. The van der Waals surface area contributed by atoms with Gasteiger partial charge in [0.1, 0.15) is 5.65 Å². The van der Waals surface area contributed by atoms with Gasteiger partial charge in [-0.2, -0.15) is 0 Å². The summed E-state index contributed by atoms with van der Waals surface area (Å²) < 4.78 is 2.05. The summed E-state index contributed by atoms with van der Waals surface area (Å²) in [7, 11) is 0. The molecule has 0 aliphatic carbocycles. The number of piperazine rings is 1. The second kappa shape index (κ2) is 6.53. The topological polar surface area (TPSA) is 61.1 Å². The molecule has 0 unspecified atom stereocenters. The first kappa shape index (κ1) is 16.7. The lowest BCUT2D eigenvalue weighted by atomic mass is 10.1. The summed E-state index contributed by atoms with van der Waals surface area (Å²) in [5.41, 5.74) is 4.72. The van der Waals surface area contributed by atoms with Gasteiger partial charge >= 0.3 is 6.09 Å². The van der Waals surface area contributed by atoms with E-state index < -0.39 is 6.09 Å². The molecule has 4 rings (SSSR count). The average molecular weight is 371 g/mol. The molecule has 0 atom stereocenters. The normalized spacial score (nSPS) is 14.8. The molecule has 26 heavy (non-hydrogen) atoms. The molecule has 7 heteroatoms. The monoisotopic (exact) mass is 370 g/mol. The molecule has 0 spiro atoms.